The van der Waals surface area contributed by atoms with Crippen LogP contribution in [0.25, 0.3) is 0 Å². The zero-order valence-corrected chi connectivity index (χ0v) is 15.9. The van der Waals surface area contributed by atoms with Gasteiger partial charge in [-0.1, -0.05) is 17.7 Å². The zero-order chi connectivity index (χ0) is 19.8. The van der Waals surface area contributed by atoms with E-state index in [0.717, 1.165) is 0 Å². The first-order valence-corrected chi connectivity index (χ1v) is 10.0. The molecule has 1 amide bonds. The second kappa shape index (κ2) is 7.16. The van der Waals surface area contributed by atoms with Crippen LogP contribution in [0.4, 0.5) is 17.1 Å². The van der Waals surface area contributed by atoms with Gasteiger partial charge in [0.25, 0.3) is 11.6 Å². The molecule has 0 spiro atoms. The lowest BCUT2D eigenvalue weighted by Crippen LogP contribution is -2.25. The Bertz CT molecular complexity index is 1040. The van der Waals surface area contributed by atoms with Crippen LogP contribution in [0, 0.1) is 17.0 Å². The van der Waals surface area contributed by atoms with Gasteiger partial charge in [0.2, 0.25) is 10.0 Å². The van der Waals surface area contributed by atoms with Gasteiger partial charge < -0.3 is 5.32 Å². The van der Waals surface area contributed by atoms with Crippen molar-refractivity contribution in [1.82, 2.24) is 0 Å². The van der Waals surface area contributed by atoms with E-state index in [0.29, 0.717) is 24.3 Å². The lowest BCUT2D eigenvalue weighted by atomic mass is 10.1. The summed E-state index contributed by atoms with van der Waals surface area (Å²) in [6.45, 7) is 1.82. The number of carbonyl (C=O) groups excluding carboxylic acids is 1. The average Bonchev–Trinajstić information content (AvgIpc) is 2.95. The first kappa shape index (κ1) is 19.1. The Morgan fingerprint density at radius 2 is 2.04 bits per heavy atom. The van der Waals surface area contributed by atoms with E-state index in [2.05, 4.69) is 5.32 Å². The Morgan fingerprint density at radius 1 is 1.30 bits per heavy atom. The number of halogens is 1. The Kier molecular flexibility index (Phi) is 5.07. The van der Waals surface area contributed by atoms with E-state index < -0.39 is 20.9 Å². The van der Waals surface area contributed by atoms with Crippen LogP contribution < -0.4 is 9.62 Å². The van der Waals surface area contributed by atoms with Crippen LogP contribution in [0.3, 0.4) is 0 Å². The van der Waals surface area contributed by atoms with Crippen molar-refractivity contribution in [2.24, 2.45) is 0 Å². The van der Waals surface area contributed by atoms with Crippen LogP contribution in [0.5, 0.6) is 0 Å². The molecule has 1 aliphatic heterocycles. The van der Waals surface area contributed by atoms with Gasteiger partial charge in [0, 0.05) is 29.4 Å². The molecule has 1 N–H and O–H groups in total. The first-order valence-electron chi connectivity index (χ1n) is 8.06. The number of anilines is 2. The number of sulfonamides is 1. The number of nitrogens with one attached hydrogen (secondary N) is 1. The molecular formula is C17H16ClN3O5S. The first-order chi connectivity index (χ1) is 12.7. The van der Waals surface area contributed by atoms with Gasteiger partial charge in [-0.2, -0.15) is 0 Å². The molecule has 0 aliphatic carbocycles. The maximum Gasteiger partial charge on any atom is 0.273 e. The maximum atomic E-state index is 12.6. The quantitative estimate of drug-likeness (QED) is 0.615. The van der Waals surface area contributed by atoms with E-state index in [9.17, 15) is 23.3 Å². The standard InChI is InChI=1S/C17H16ClN3O5S/c1-11-13(4-2-5-15(11)21(23)24)17(22)19-12-6-7-14(18)16(10-12)20-8-3-9-27(20,25)26/h2,4-7,10H,3,8-9H2,1H3,(H,19,22). The summed E-state index contributed by atoms with van der Waals surface area (Å²) in [7, 11) is -3.42. The Labute approximate surface area is 160 Å². The molecule has 0 saturated carbocycles. The Morgan fingerprint density at radius 3 is 2.67 bits per heavy atom. The predicted molar refractivity (Wildman–Crippen MR) is 103 cm³/mol. The van der Waals surface area contributed by atoms with Crippen LogP contribution in [0.15, 0.2) is 36.4 Å². The number of nitrogens with zero attached hydrogens (tertiary/aromatic N) is 2. The van der Waals surface area contributed by atoms with Crippen molar-refractivity contribution in [2.75, 3.05) is 21.9 Å². The minimum absolute atomic E-state index is 0.0484. The molecule has 10 heteroatoms. The monoisotopic (exact) mass is 409 g/mol. The van der Waals surface area contributed by atoms with Gasteiger partial charge in [-0.05, 0) is 37.6 Å². The summed E-state index contributed by atoms with van der Waals surface area (Å²) in [4.78, 5) is 23.0. The molecule has 0 unspecified atom stereocenters. The predicted octanol–water partition coefficient (Wildman–Crippen LogP) is 3.35. The topological polar surface area (TPSA) is 110 Å². The second-order valence-electron chi connectivity index (χ2n) is 6.07. The van der Waals surface area contributed by atoms with Crippen LogP contribution in [-0.2, 0) is 10.0 Å². The van der Waals surface area contributed by atoms with Crippen LogP contribution >= 0.6 is 11.6 Å². The van der Waals surface area contributed by atoms with E-state index in [1.54, 1.807) is 6.07 Å². The summed E-state index contributed by atoms with van der Waals surface area (Å²) in [5.41, 5.74) is 0.892. The van der Waals surface area contributed by atoms with E-state index in [-0.39, 0.29) is 27.6 Å². The molecule has 1 heterocycles. The van der Waals surface area contributed by atoms with Crippen molar-refractivity contribution in [3.63, 3.8) is 0 Å². The highest BCUT2D eigenvalue weighted by Gasteiger charge is 2.30. The van der Waals surface area contributed by atoms with Crippen LogP contribution in [-0.4, -0.2) is 31.5 Å². The molecule has 142 valence electrons. The molecule has 1 aliphatic rings. The largest absolute Gasteiger partial charge is 0.322 e. The van der Waals surface area contributed by atoms with Gasteiger partial charge in [-0.25, -0.2) is 8.42 Å². The van der Waals surface area contributed by atoms with Gasteiger partial charge >= 0.3 is 0 Å². The lowest BCUT2D eigenvalue weighted by molar-refractivity contribution is -0.385. The molecule has 27 heavy (non-hydrogen) atoms. The van der Waals surface area contributed by atoms with Crippen molar-refractivity contribution in [3.05, 3.63) is 62.7 Å². The number of benzene rings is 2. The number of amides is 1. The highest BCUT2D eigenvalue weighted by Crippen LogP contribution is 2.34. The molecule has 1 saturated heterocycles. The van der Waals surface area contributed by atoms with Crippen molar-refractivity contribution in [3.8, 4) is 0 Å². The normalized spacial score (nSPS) is 15.6. The van der Waals surface area contributed by atoms with Crippen LogP contribution in [0.1, 0.15) is 22.3 Å². The van der Waals surface area contributed by atoms with Gasteiger partial charge in [-0.3, -0.25) is 19.2 Å². The molecule has 0 aromatic heterocycles. The van der Waals surface area contributed by atoms with E-state index >= 15 is 0 Å². The minimum atomic E-state index is -3.42. The fourth-order valence-electron chi connectivity index (χ4n) is 2.96. The van der Waals surface area contributed by atoms with Gasteiger partial charge in [-0.15, -0.1) is 0 Å². The van der Waals surface area contributed by atoms with E-state index in [1.807, 2.05) is 0 Å². The summed E-state index contributed by atoms with van der Waals surface area (Å²) in [6.07, 6.45) is 0.502. The number of hydrogen-bond donors (Lipinski definition) is 1. The van der Waals surface area contributed by atoms with Crippen molar-refractivity contribution >= 4 is 44.6 Å². The third kappa shape index (κ3) is 3.74. The molecule has 2 aromatic rings. The highest BCUT2D eigenvalue weighted by atomic mass is 35.5. The summed E-state index contributed by atoms with van der Waals surface area (Å²) in [5.74, 6) is -0.485. The van der Waals surface area contributed by atoms with Crippen molar-refractivity contribution < 1.29 is 18.1 Å². The molecule has 3 rings (SSSR count). The number of carbonyl (C=O) groups is 1. The maximum absolute atomic E-state index is 12.6. The van der Waals surface area contributed by atoms with E-state index in [1.165, 1.54) is 41.6 Å². The Balaban J connectivity index is 1.91. The summed E-state index contributed by atoms with van der Waals surface area (Å²) in [6, 6.07) is 8.77. The van der Waals surface area contributed by atoms with Gasteiger partial charge in [0.05, 0.1) is 21.4 Å². The highest BCUT2D eigenvalue weighted by molar-refractivity contribution is 7.93. The molecule has 0 atom stereocenters. The third-order valence-corrected chi connectivity index (χ3v) is 6.49. The molecule has 0 radical (unpaired) electrons. The van der Waals surface area contributed by atoms with Gasteiger partial charge in [0.1, 0.15) is 0 Å². The second-order valence-corrected chi connectivity index (χ2v) is 8.49. The van der Waals surface area contributed by atoms with Crippen molar-refractivity contribution in [1.29, 1.82) is 0 Å². The number of rotatable bonds is 4. The SMILES string of the molecule is Cc1c(C(=O)Nc2ccc(Cl)c(N3CCCS3(=O)=O)c2)cccc1[N+](=O)[O-]. The summed E-state index contributed by atoms with van der Waals surface area (Å²) in [5, 5.41) is 13.9. The van der Waals surface area contributed by atoms with Gasteiger partial charge in [0.15, 0.2) is 0 Å². The lowest BCUT2D eigenvalue weighted by Gasteiger charge is -2.19. The third-order valence-electron chi connectivity index (χ3n) is 4.32. The fourth-order valence-corrected chi connectivity index (χ4v) is 4.80. The zero-order valence-electron chi connectivity index (χ0n) is 14.3. The van der Waals surface area contributed by atoms with Crippen LogP contribution in [0.2, 0.25) is 5.02 Å². The smallest absolute Gasteiger partial charge is 0.273 e. The fraction of sp³-hybridized carbons (Fsp3) is 0.235. The van der Waals surface area contributed by atoms with Crippen molar-refractivity contribution in [2.45, 2.75) is 13.3 Å². The molecule has 0 bridgehead atoms. The number of nitro benzene ring substituents is 1. The molecule has 2 aromatic carbocycles. The summed E-state index contributed by atoms with van der Waals surface area (Å²) >= 11 is 6.14. The molecule has 8 nitrogen and oxygen atoms in total. The summed E-state index contributed by atoms with van der Waals surface area (Å²) < 4.78 is 25.5. The van der Waals surface area contributed by atoms with E-state index in [4.69, 9.17) is 11.6 Å². The Hall–Kier alpha value is -2.65. The molecule has 1 fully saturated rings. The number of nitro groups is 1. The molecular weight excluding hydrogens is 394 g/mol. The number of hydrogen-bond acceptors (Lipinski definition) is 5. The minimum Gasteiger partial charge on any atom is -0.322 e. The average molecular weight is 410 g/mol.